The van der Waals surface area contributed by atoms with Crippen LogP contribution >= 0.6 is 27.3 Å². The van der Waals surface area contributed by atoms with E-state index >= 15 is 0 Å². The van der Waals surface area contributed by atoms with Gasteiger partial charge in [-0.05, 0) is 31.3 Å². The molecule has 0 saturated carbocycles. The van der Waals surface area contributed by atoms with Gasteiger partial charge in [0, 0.05) is 30.4 Å². The molecule has 1 aromatic carbocycles. The van der Waals surface area contributed by atoms with Crippen molar-refractivity contribution in [1.29, 1.82) is 0 Å². The van der Waals surface area contributed by atoms with Gasteiger partial charge in [-0.15, -0.1) is 0 Å². The Balaban J connectivity index is 1.85. The van der Waals surface area contributed by atoms with Crippen molar-refractivity contribution >= 4 is 60.3 Å². The molecule has 1 saturated heterocycles. The first-order chi connectivity index (χ1) is 13.4. The molecule has 2 aromatic rings. The summed E-state index contributed by atoms with van der Waals surface area (Å²) < 4.78 is 1.92. The van der Waals surface area contributed by atoms with Crippen LogP contribution < -0.4 is 4.90 Å². The van der Waals surface area contributed by atoms with E-state index in [0.717, 1.165) is 32.7 Å². The van der Waals surface area contributed by atoms with E-state index in [1.165, 1.54) is 11.3 Å². The number of thiazole rings is 1. The maximum atomic E-state index is 13.0. The van der Waals surface area contributed by atoms with Crippen molar-refractivity contribution in [2.45, 2.75) is 26.7 Å². The number of hydrogen-bond acceptors (Lipinski definition) is 6. The highest BCUT2D eigenvalue weighted by Crippen LogP contribution is 2.31. The van der Waals surface area contributed by atoms with E-state index in [1.807, 2.05) is 18.2 Å². The van der Waals surface area contributed by atoms with Crippen molar-refractivity contribution in [3.63, 3.8) is 0 Å². The van der Waals surface area contributed by atoms with Crippen molar-refractivity contribution in [3.8, 4) is 0 Å². The first kappa shape index (κ1) is 20.9. The van der Waals surface area contributed by atoms with Crippen molar-refractivity contribution in [3.05, 3.63) is 22.7 Å². The van der Waals surface area contributed by atoms with E-state index in [-0.39, 0.29) is 37.1 Å². The summed E-state index contributed by atoms with van der Waals surface area (Å²) in [4.78, 5) is 46.4. The molecule has 2 heterocycles. The molecule has 1 aliphatic heterocycles. The average Bonchev–Trinajstić information content (AvgIpc) is 3.22. The first-order valence-corrected chi connectivity index (χ1v) is 11.0. The minimum Gasteiger partial charge on any atom is -0.302 e. The smallest absolute Gasteiger partial charge is 0.248 e. The number of aromatic nitrogens is 1. The summed E-state index contributed by atoms with van der Waals surface area (Å²) in [6.07, 6.45) is 0.363. The fraction of sp³-hybridized carbons (Fsp3) is 0.474. The van der Waals surface area contributed by atoms with Crippen LogP contribution in [0.25, 0.3) is 10.2 Å². The molecule has 1 aliphatic rings. The summed E-state index contributed by atoms with van der Waals surface area (Å²) in [5.74, 6) is -0.848. The number of rotatable bonds is 8. The number of carbonyl (C=O) groups excluding carboxylic acids is 3. The van der Waals surface area contributed by atoms with Crippen LogP contribution in [0.3, 0.4) is 0 Å². The van der Waals surface area contributed by atoms with Crippen LogP contribution in [0, 0.1) is 0 Å². The summed E-state index contributed by atoms with van der Waals surface area (Å²) in [6.45, 7) is 6.84. The molecule has 0 spiro atoms. The Labute approximate surface area is 176 Å². The molecule has 0 aliphatic carbocycles. The fourth-order valence-electron chi connectivity index (χ4n) is 3.13. The van der Waals surface area contributed by atoms with Crippen LogP contribution in [0.5, 0.6) is 0 Å². The quantitative estimate of drug-likeness (QED) is 0.559. The Morgan fingerprint density at radius 3 is 2.50 bits per heavy atom. The lowest BCUT2D eigenvalue weighted by Gasteiger charge is -2.26. The third-order valence-corrected chi connectivity index (χ3v) is 6.39. The van der Waals surface area contributed by atoms with Crippen LogP contribution in [0.1, 0.15) is 26.7 Å². The van der Waals surface area contributed by atoms with Crippen molar-refractivity contribution in [2.24, 2.45) is 0 Å². The lowest BCUT2D eigenvalue weighted by molar-refractivity contribution is -0.141. The molecule has 0 bridgehead atoms. The zero-order valence-electron chi connectivity index (χ0n) is 16.0. The van der Waals surface area contributed by atoms with Gasteiger partial charge < -0.3 is 4.90 Å². The Bertz CT molecular complexity index is 880. The zero-order chi connectivity index (χ0) is 20.3. The molecule has 28 heavy (non-hydrogen) atoms. The van der Waals surface area contributed by atoms with Gasteiger partial charge in [-0.3, -0.25) is 24.2 Å². The standard InChI is InChI=1S/C19H23BrN4O3S/c1-3-22(4-2)9-10-23(18(27)12-24-16(25)7-8-17(24)26)19-21-14-6-5-13(20)11-15(14)28-19/h5-6,11H,3-4,7-10,12H2,1-2H3. The second-order valence-corrected chi connectivity index (χ2v) is 8.48. The number of likely N-dealkylation sites (tertiary alicyclic amines) is 1. The second kappa shape index (κ2) is 9.11. The normalized spacial score (nSPS) is 14.5. The molecule has 1 aromatic heterocycles. The van der Waals surface area contributed by atoms with Gasteiger partial charge in [-0.1, -0.05) is 41.1 Å². The van der Waals surface area contributed by atoms with Crippen LogP contribution in [0.2, 0.25) is 0 Å². The van der Waals surface area contributed by atoms with Gasteiger partial charge in [-0.25, -0.2) is 4.98 Å². The molecular formula is C19H23BrN4O3S. The number of carbonyl (C=O) groups is 3. The van der Waals surface area contributed by atoms with Gasteiger partial charge in [0.25, 0.3) is 0 Å². The minimum absolute atomic E-state index is 0.181. The Hall–Kier alpha value is -1.84. The van der Waals surface area contributed by atoms with Crippen LogP contribution in [-0.2, 0) is 14.4 Å². The lowest BCUT2D eigenvalue weighted by atomic mass is 10.3. The number of nitrogens with zero attached hydrogens (tertiary/aromatic N) is 4. The van der Waals surface area contributed by atoms with E-state index in [0.29, 0.717) is 18.2 Å². The van der Waals surface area contributed by atoms with Gasteiger partial charge in [0.1, 0.15) is 6.54 Å². The van der Waals surface area contributed by atoms with Crippen molar-refractivity contribution < 1.29 is 14.4 Å². The van der Waals surface area contributed by atoms with Crippen LogP contribution in [0.4, 0.5) is 5.13 Å². The number of halogens is 1. The number of amides is 3. The Kier molecular flexibility index (Phi) is 6.79. The predicted molar refractivity (Wildman–Crippen MR) is 113 cm³/mol. The van der Waals surface area contributed by atoms with Crippen LogP contribution in [0.15, 0.2) is 22.7 Å². The largest absolute Gasteiger partial charge is 0.302 e. The van der Waals surface area contributed by atoms with E-state index in [9.17, 15) is 14.4 Å². The van der Waals surface area contributed by atoms with Crippen LogP contribution in [-0.4, -0.2) is 65.2 Å². The molecule has 0 atom stereocenters. The molecule has 3 amide bonds. The topological polar surface area (TPSA) is 73.8 Å². The van der Waals surface area contributed by atoms with E-state index in [2.05, 4.69) is 39.7 Å². The maximum Gasteiger partial charge on any atom is 0.248 e. The number of benzene rings is 1. The maximum absolute atomic E-state index is 13.0. The van der Waals surface area contributed by atoms with Crippen molar-refractivity contribution in [2.75, 3.05) is 37.6 Å². The molecular weight excluding hydrogens is 444 g/mol. The summed E-state index contributed by atoms with van der Waals surface area (Å²) >= 11 is 4.89. The van der Waals surface area contributed by atoms with Gasteiger partial charge in [0.15, 0.2) is 5.13 Å². The lowest BCUT2D eigenvalue weighted by Crippen LogP contribution is -2.45. The highest BCUT2D eigenvalue weighted by atomic mass is 79.9. The van der Waals surface area contributed by atoms with Gasteiger partial charge in [-0.2, -0.15) is 0 Å². The highest BCUT2D eigenvalue weighted by molar-refractivity contribution is 9.10. The molecule has 150 valence electrons. The first-order valence-electron chi connectivity index (χ1n) is 9.35. The minimum atomic E-state index is -0.283. The molecule has 7 nitrogen and oxygen atoms in total. The zero-order valence-corrected chi connectivity index (χ0v) is 18.4. The third kappa shape index (κ3) is 4.59. The fourth-order valence-corrected chi connectivity index (χ4v) is 4.69. The number of anilines is 1. The molecule has 0 N–H and O–H groups in total. The predicted octanol–water partition coefficient (Wildman–Crippen LogP) is 2.88. The number of hydrogen-bond donors (Lipinski definition) is 0. The van der Waals surface area contributed by atoms with Crippen molar-refractivity contribution in [1.82, 2.24) is 14.8 Å². The monoisotopic (exact) mass is 466 g/mol. The third-order valence-electron chi connectivity index (χ3n) is 4.85. The molecule has 0 unspecified atom stereocenters. The molecule has 1 fully saturated rings. The molecule has 3 rings (SSSR count). The second-order valence-electron chi connectivity index (χ2n) is 6.55. The van der Waals surface area contributed by atoms with Gasteiger partial charge in [0.05, 0.1) is 10.2 Å². The summed E-state index contributed by atoms with van der Waals surface area (Å²) in [5.41, 5.74) is 0.817. The molecule has 0 radical (unpaired) electrons. The van der Waals surface area contributed by atoms with E-state index in [1.54, 1.807) is 4.90 Å². The average molecular weight is 467 g/mol. The number of likely N-dealkylation sites (N-methyl/N-ethyl adjacent to an activating group) is 1. The highest BCUT2D eigenvalue weighted by Gasteiger charge is 2.32. The summed E-state index contributed by atoms with van der Waals surface area (Å²) in [6, 6.07) is 5.78. The summed E-state index contributed by atoms with van der Waals surface area (Å²) in [7, 11) is 0. The molecule has 9 heteroatoms. The number of imide groups is 1. The van der Waals surface area contributed by atoms with Gasteiger partial charge in [0.2, 0.25) is 17.7 Å². The Morgan fingerprint density at radius 2 is 1.86 bits per heavy atom. The van der Waals surface area contributed by atoms with E-state index in [4.69, 9.17) is 0 Å². The Morgan fingerprint density at radius 1 is 1.18 bits per heavy atom. The summed E-state index contributed by atoms with van der Waals surface area (Å²) in [5, 5.41) is 0.587. The van der Waals surface area contributed by atoms with Gasteiger partial charge >= 0.3 is 0 Å². The SMILES string of the molecule is CCN(CC)CCN(C(=O)CN1C(=O)CCC1=O)c1nc2ccc(Br)cc2s1. The number of fused-ring (bicyclic) bond motifs is 1. The van der Waals surface area contributed by atoms with E-state index < -0.39 is 0 Å².